The monoisotopic (exact) mass is 360 g/mol. The first kappa shape index (κ1) is 15.1. The van der Waals surface area contributed by atoms with E-state index in [4.69, 9.17) is 58.0 Å². The van der Waals surface area contributed by atoms with Crippen LogP contribution in [-0.4, -0.2) is 0 Å². The quantitative estimate of drug-likeness (QED) is 0.382. The van der Waals surface area contributed by atoms with E-state index < -0.39 is 17.2 Å². The van der Waals surface area contributed by atoms with Crippen LogP contribution in [0.5, 0.6) is 0 Å². The summed E-state index contributed by atoms with van der Waals surface area (Å²) in [7, 11) is 0. The summed E-state index contributed by atoms with van der Waals surface area (Å²) in [5.41, 5.74) is -0.531. The van der Waals surface area contributed by atoms with E-state index in [0.29, 0.717) is 0 Å². The third-order valence-electron chi connectivity index (χ3n) is 2.42. The fourth-order valence-corrected chi connectivity index (χ4v) is 2.89. The Hall–Kier alpha value is -0.250. The molecule has 0 aliphatic rings. The van der Waals surface area contributed by atoms with Crippen LogP contribution in [0.2, 0.25) is 25.1 Å². The minimum absolute atomic E-state index is 0.0705. The molecule has 0 saturated carbocycles. The molecule has 100 valence electrons. The molecule has 7 heteroatoms. The molecule has 2 aromatic rings. The molecule has 0 aromatic heterocycles. The van der Waals surface area contributed by atoms with Crippen molar-refractivity contribution in [2.45, 2.75) is 0 Å². The number of rotatable bonds is 1. The molecule has 0 radical (unpaired) electrons. The molecule has 19 heavy (non-hydrogen) atoms. The average molecular weight is 362 g/mol. The van der Waals surface area contributed by atoms with Gasteiger partial charge >= 0.3 is 0 Å². The van der Waals surface area contributed by atoms with E-state index in [-0.39, 0.29) is 30.7 Å². The number of benzene rings is 2. The summed E-state index contributed by atoms with van der Waals surface area (Å²) in [6.07, 6.45) is 0. The molecule has 0 amide bonds. The predicted molar refractivity (Wildman–Crippen MR) is 76.8 cm³/mol. The first-order chi connectivity index (χ1) is 8.86. The lowest BCUT2D eigenvalue weighted by Crippen LogP contribution is -1.93. The van der Waals surface area contributed by atoms with Gasteiger partial charge in [-0.05, 0) is 12.1 Å². The Morgan fingerprint density at radius 1 is 0.579 bits per heavy atom. The molecule has 0 unspecified atom stereocenters. The summed E-state index contributed by atoms with van der Waals surface area (Å²) in [5.74, 6) is -1.67. The Balaban J connectivity index is 2.92. The second kappa shape index (κ2) is 5.63. The van der Waals surface area contributed by atoms with Crippen LogP contribution in [0.1, 0.15) is 0 Å². The minimum atomic E-state index is -0.835. The second-order valence-electron chi connectivity index (χ2n) is 3.54. The minimum Gasteiger partial charge on any atom is -0.206 e. The van der Waals surface area contributed by atoms with Crippen molar-refractivity contribution >= 4 is 58.0 Å². The normalized spacial score (nSPS) is 10.9. The van der Waals surface area contributed by atoms with Crippen molar-refractivity contribution in [2.75, 3.05) is 0 Å². The van der Waals surface area contributed by atoms with Crippen LogP contribution >= 0.6 is 58.0 Å². The van der Waals surface area contributed by atoms with Crippen molar-refractivity contribution in [3.8, 4) is 11.1 Å². The molecule has 0 atom stereocenters. The third-order valence-corrected chi connectivity index (χ3v) is 4.70. The summed E-state index contributed by atoms with van der Waals surface area (Å²) in [4.78, 5) is 0. The average Bonchev–Trinajstić information content (AvgIpc) is 2.37. The molecule has 0 N–H and O–H groups in total. The lowest BCUT2D eigenvalue weighted by molar-refractivity contribution is 0.589. The molecule has 0 nitrogen and oxygen atoms in total. The van der Waals surface area contributed by atoms with E-state index in [0.717, 1.165) is 12.1 Å². The van der Waals surface area contributed by atoms with Gasteiger partial charge in [-0.3, -0.25) is 0 Å². The Morgan fingerprint density at radius 3 is 1.37 bits per heavy atom. The Kier molecular flexibility index (Phi) is 4.49. The molecule has 0 heterocycles. The van der Waals surface area contributed by atoms with Crippen LogP contribution in [0.4, 0.5) is 8.78 Å². The molecule has 0 fully saturated rings. The molecule has 0 aliphatic carbocycles. The Labute approximate surface area is 132 Å². The zero-order valence-electron chi connectivity index (χ0n) is 8.88. The maximum atomic E-state index is 13.8. The molecule has 2 rings (SSSR count). The van der Waals surface area contributed by atoms with Crippen molar-refractivity contribution in [3.63, 3.8) is 0 Å². The van der Waals surface area contributed by atoms with E-state index in [1.54, 1.807) is 0 Å². The fourth-order valence-electron chi connectivity index (χ4n) is 1.56. The van der Waals surface area contributed by atoms with Crippen molar-refractivity contribution in [1.29, 1.82) is 0 Å². The zero-order chi connectivity index (χ0) is 14.3. The maximum Gasteiger partial charge on any atom is 0.134 e. The van der Waals surface area contributed by atoms with Crippen molar-refractivity contribution in [3.05, 3.63) is 54.9 Å². The van der Waals surface area contributed by atoms with Crippen LogP contribution < -0.4 is 0 Å². The van der Waals surface area contributed by atoms with Gasteiger partial charge in [-0.15, -0.1) is 0 Å². The lowest BCUT2D eigenvalue weighted by Gasteiger charge is -2.13. The van der Waals surface area contributed by atoms with Gasteiger partial charge in [0.25, 0.3) is 0 Å². The van der Waals surface area contributed by atoms with E-state index in [1.165, 1.54) is 6.07 Å². The van der Waals surface area contributed by atoms with E-state index in [2.05, 4.69) is 0 Å². The van der Waals surface area contributed by atoms with E-state index >= 15 is 0 Å². The van der Waals surface area contributed by atoms with Gasteiger partial charge in [-0.25, -0.2) is 8.78 Å². The summed E-state index contributed by atoms with van der Waals surface area (Å²) in [5, 5.41) is -0.625. The first-order valence-electron chi connectivity index (χ1n) is 4.82. The van der Waals surface area contributed by atoms with Crippen LogP contribution in [0.3, 0.4) is 0 Å². The van der Waals surface area contributed by atoms with Crippen LogP contribution in [-0.2, 0) is 0 Å². The topological polar surface area (TPSA) is 0 Å². The standard InChI is InChI=1S/C12H3Cl5F2/c13-8-7(6-4(18)2-1-3-5(6)19)9(14)11(16)12(17)10(8)15/h1-3H. The third kappa shape index (κ3) is 2.53. The number of hydrogen-bond donors (Lipinski definition) is 0. The van der Waals surface area contributed by atoms with E-state index in [9.17, 15) is 8.78 Å². The van der Waals surface area contributed by atoms with Gasteiger partial charge in [0.2, 0.25) is 0 Å². The van der Waals surface area contributed by atoms with Crippen molar-refractivity contribution in [2.24, 2.45) is 0 Å². The predicted octanol–water partition coefficient (Wildman–Crippen LogP) is 6.90. The largest absolute Gasteiger partial charge is 0.206 e. The molecular formula is C12H3Cl5F2. The highest BCUT2D eigenvalue weighted by atomic mass is 35.5. The van der Waals surface area contributed by atoms with Crippen molar-refractivity contribution < 1.29 is 8.78 Å². The van der Waals surface area contributed by atoms with Crippen molar-refractivity contribution in [1.82, 2.24) is 0 Å². The van der Waals surface area contributed by atoms with Gasteiger partial charge in [0.1, 0.15) is 11.6 Å². The summed E-state index contributed by atoms with van der Waals surface area (Å²) in [6.45, 7) is 0. The van der Waals surface area contributed by atoms with Gasteiger partial charge in [-0.2, -0.15) is 0 Å². The number of halogens is 7. The first-order valence-corrected chi connectivity index (χ1v) is 6.71. The Bertz CT molecular complexity index is 620. The van der Waals surface area contributed by atoms with Crippen LogP contribution in [0.15, 0.2) is 18.2 Å². The molecule has 2 aromatic carbocycles. The van der Waals surface area contributed by atoms with E-state index in [1.807, 2.05) is 0 Å². The summed E-state index contributed by atoms with van der Waals surface area (Å²) >= 11 is 29.5. The summed E-state index contributed by atoms with van der Waals surface area (Å²) < 4.78 is 27.6. The SMILES string of the molecule is Fc1cccc(F)c1-c1c(Cl)c(Cl)c(Cl)c(Cl)c1Cl. The maximum absolute atomic E-state index is 13.8. The molecule has 0 saturated heterocycles. The highest BCUT2D eigenvalue weighted by molar-refractivity contribution is 6.56. The van der Waals surface area contributed by atoms with Gasteiger partial charge in [0, 0.05) is 5.56 Å². The second-order valence-corrected chi connectivity index (χ2v) is 5.43. The lowest BCUT2D eigenvalue weighted by atomic mass is 10.0. The van der Waals surface area contributed by atoms with Gasteiger partial charge < -0.3 is 0 Å². The smallest absolute Gasteiger partial charge is 0.134 e. The Morgan fingerprint density at radius 2 is 0.947 bits per heavy atom. The highest BCUT2D eigenvalue weighted by Gasteiger charge is 2.24. The zero-order valence-corrected chi connectivity index (χ0v) is 12.7. The van der Waals surface area contributed by atoms with Crippen LogP contribution in [0, 0.1) is 11.6 Å². The highest BCUT2D eigenvalue weighted by Crippen LogP contribution is 2.49. The number of hydrogen-bond acceptors (Lipinski definition) is 0. The molecule has 0 aliphatic heterocycles. The van der Waals surface area contributed by atoms with Crippen LogP contribution in [0.25, 0.3) is 11.1 Å². The summed E-state index contributed by atoms with van der Waals surface area (Å²) in [6, 6.07) is 3.36. The van der Waals surface area contributed by atoms with Gasteiger partial charge in [0.05, 0.1) is 30.7 Å². The molecular weight excluding hydrogens is 359 g/mol. The molecule has 0 bridgehead atoms. The fraction of sp³-hybridized carbons (Fsp3) is 0. The van der Waals surface area contributed by atoms with Gasteiger partial charge in [0.15, 0.2) is 0 Å². The van der Waals surface area contributed by atoms with Gasteiger partial charge in [-0.1, -0.05) is 64.1 Å². The molecule has 0 spiro atoms.